The number of unbranched alkanes of at least 4 members (excludes halogenated alkanes) is 1. The first-order valence-electron chi connectivity index (χ1n) is 7.22. The number of hydrogen-bond donors (Lipinski definition) is 2. The summed E-state index contributed by atoms with van der Waals surface area (Å²) < 4.78 is 1.48. The van der Waals surface area contributed by atoms with Crippen LogP contribution in [0.15, 0.2) is 9.59 Å². The maximum Gasteiger partial charge on any atom is 0.329 e. The number of anilines is 2. The molecular formula is C14H24N4O3. The third-order valence-corrected chi connectivity index (χ3v) is 3.80. The summed E-state index contributed by atoms with van der Waals surface area (Å²) in [6.45, 7) is 4.95. The predicted molar refractivity (Wildman–Crippen MR) is 83.1 cm³/mol. The van der Waals surface area contributed by atoms with Gasteiger partial charge in [-0.3, -0.25) is 14.3 Å². The second-order valence-electron chi connectivity index (χ2n) is 6.36. The molecule has 2 N–H and O–H groups in total. The summed E-state index contributed by atoms with van der Waals surface area (Å²) in [5.74, 6) is 0.675. The minimum absolute atomic E-state index is 0.338. The van der Waals surface area contributed by atoms with Gasteiger partial charge in [0.25, 0.3) is 5.56 Å². The van der Waals surface area contributed by atoms with Crippen molar-refractivity contribution in [2.75, 3.05) is 30.1 Å². The van der Waals surface area contributed by atoms with Gasteiger partial charge in [0.05, 0.1) is 12.3 Å². The Kier molecular flexibility index (Phi) is 4.13. The van der Waals surface area contributed by atoms with E-state index in [1.54, 1.807) is 20.9 Å². The Hall–Kier alpha value is -1.76. The van der Waals surface area contributed by atoms with Crippen LogP contribution in [0.4, 0.5) is 11.5 Å². The van der Waals surface area contributed by atoms with Crippen LogP contribution in [0.2, 0.25) is 0 Å². The highest BCUT2D eigenvalue weighted by atomic mass is 16.3. The molecule has 0 saturated heterocycles. The first kappa shape index (κ1) is 15.6. The molecule has 0 aliphatic carbocycles. The fourth-order valence-electron chi connectivity index (χ4n) is 2.73. The van der Waals surface area contributed by atoms with Gasteiger partial charge in [-0.15, -0.1) is 0 Å². The van der Waals surface area contributed by atoms with Crippen LogP contribution in [0.3, 0.4) is 0 Å². The summed E-state index contributed by atoms with van der Waals surface area (Å²) in [6.07, 6.45) is 2.53. The standard InChI is InChI=1S/C14H24N4O3/c1-14(2,21)7-5-6-8-18-9-16(3)10-11(19)15-13(20)17(4)12(10)18/h21H,5-9H2,1-4H3,(H,15,19,20). The maximum atomic E-state index is 11.9. The number of H-pyrrole nitrogens is 1. The van der Waals surface area contributed by atoms with Gasteiger partial charge in [0, 0.05) is 20.6 Å². The van der Waals surface area contributed by atoms with Gasteiger partial charge >= 0.3 is 5.69 Å². The van der Waals surface area contributed by atoms with Crippen molar-refractivity contribution in [3.8, 4) is 0 Å². The van der Waals surface area contributed by atoms with E-state index in [9.17, 15) is 14.7 Å². The van der Waals surface area contributed by atoms with Crippen molar-refractivity contribution in [2.24, 2.45) is 7.05 Å². The highest BCUT2D eigenvalue weighted by Crippen LogP contribution is 2.29. The maximum absolute atomic E-state index is 11.9. The van der Waals surface area contributed by atoms with E-state index in [0.717, 1.165) is 25.8 Å². The van der Waals surface area contributed by atoms with Gasteiger partial charge in [-0.05, 0) is 33.1 Å². The van der Waals surface area contributed by atoms with Gasteiger partial charge < -0.3 is 14.9 Å². The second kappa shape index (κ2) is 5.55. The Morgan fingerprint density at radius 1 is 1.24 bits per heavy atom. The van der Waals surface area contributed by atoms with Crippen molar-refractivity contribution in [2.45, 2.75) is 38.7 Å². The summed E-state index contributed by atoms with van der Waals surface area (Å²) in [4.78, 5) is 29.9. The minimum atomic E-state index is -0.649. The molecule has 1 aromatic rings. The van der Waals surface area contributed by atoms with Gasteiger partial charge in [-0.1, -0.05) is 0 Å². The van der Waals surface area contributed by atoms with E-state index in [-0.39, 0.29) is 5.56 Å². The highest BCUT2D eigenvalue weighted by molar-refractivity contribution is 5.71. The van der Waals surface area contributed by atoms with Gasteiger partial charge in [0.2, 0.25) is 0 Å². The van der Waals surface area contributed by atoms with Crippen molar-refractivity contribution in [3.05, 3.63) is 20.8 Å². The fourth-order valence-corrected chi connectivity index (χ4v) is 2.73. The van der Waals surface area contributed by atoms with E-state index in [2.05, 4.69) is 4.98 Å². The smallest absolute Gasteiger partial charge is 0.329 e. The number of aliphatic hydroxyl groups is 1. The lowest BCUT2D eigenvalue weighted by atomic mass is 10.0. The number of hydrogen-bond acceptors (Lipinski definition) is 5. The van der Waals surface area contributed by atoms with Crippen molar-refractivity contribution in [1.29, 1.82) is 0 Å². The van der Waals surface area contributed by atoms with E-state index >= 15 is 0 Å². The number of aromatic nitrogens is 2. The largest absolute Gasteiger partial charge is 0.390 e. The Bertz CT molecular complexity index is 627. The molecule has 0 atom stereocenters. The predicted octanol–water partition coefficient (Wildman–Crippen LogP) is 0.229. The molecule has 0 aromatic carbocycles. The third-order valence-electron chi connectivity index (χ3n) is 3.80. The number of nitrogens with zero attached hydrogens (tertiary/aromatic N) is 3. The molecule has 1 aliphatic rings. The molecule has 0 spiro atoms. The quantitative estimate of drug-likeness (QED) is 0.760. The fraction of sp³-hybridized carbons (Fsp3) is 0.714. The van der Waals surface area contributed by atoms with Crippen LogP contribution in [0.1, 0.15) is 33.1 Å². The molecule has 0 radical (unpaired) electrons. The second-order valence-corrected chi connectivity index (χ2v) is 6.36. The summed E-state index contributed by atoms with van der Waals surface area (Å²) in [5, 5.41) is 9.71. The first-order valence-corrected chi connectivity index (χ1v) is 7.22. The molecule has 0 amide bonds. The monoisotopic (exact) mass is 296 g/mol. The van der Waals surface area contributed by atoms with Crippen LogP contribution >= 0.6 is 0 Å². The molecule has 2 heterocycles. The number of fused-ring (bicyclic) bond motifs is 1. The summed E-state index contributed by atoms with van der Waals surface area (Å²) >= 11 is 0. The normalized spacial score (nSPS) is 14.7. The lowest BCUT2D eigenvalue weighted by molar-refractivity contribution is 0.0684. The molecule has 7 heteroatoms. The molecule has 2 rings (SSSR count). The zero-order valence-corrected chi connectivity index (χ0v) is 13.1. The Morgan fingerprint density at radius 2 is 1.90 bits per heavy atom. The van der Waals surface area contributed by atoms with Gasteiger partial charge in [-0.25, -0.2) is 4.79 Å². The van der Waals surface area contributed by atoms with Crippen molar-refractivity contribution < 1.29 is 5.11 Å². The van der Waals surface area contributed by atoms with E-state index in [0.29, 0.717) is 18.2 Å². The van der Waals surface area contributed by atoms with Crippen LogP contribution < -0.4 is 21.0 Å². The lowest BCUT2D eigenvalue weighted by Gasteiger charge is -2.21. The molecule has 0 bridgehead atoms. The molecule has 118 valence electrons. The van der Waals surface area contributed by atoms with Gasteiger partial charge in [-0.2, -0.15) is 0 Å². The SMILES string of the molecule is CN1CN(CCCCC(C)(C)O)c2c1c(=O)[nH]c(=O)n2C. The van der Waals surface area contributed by atoms with Crippen LogP contribution in [0, 0.1) is 0 Å². The minimum Gasteiger partial charge on any atom is -0.390 e. The molecule has 21 heavy (non-hydrogen) atoms. The molecule has 0 saturated carbocycles. The Morgan fingerprint density at radius 3 is 2.52 bits per heavy atom. The molecule has 0 fully saturated rings. The van der Waals surface area contributed by atoms with Crippen molar-refractivity contribution in [1.82, 2.24) is 9.55 Å². The average molecular weight is 296 g/mol. The van der Waals surface area contributed by atoms with Gasteiger partial charge in [0.15, 0.2) is 0 Å². The molecule has 7 nitrogen and oxygen atoms in total. The molecule has 1 aromatic heterocycles. The summed E-state index contributed by atoms with van der Waals surface area (Å²) in [5.41, 5.74) is -0.839. The Balaban J connectivity index is 2.13. The van der Waals surface area contributed by atoms with Gasteiger partial charge in [0.1, 0.15) is 11.5 Å². The topological polar surface area (TPSA) is 81.6 Å². The van der Waals surface area contributed by atoms with Crippen LogP contribution in [0.5, 0.6) is 0 Å². The molecule has 0 unspecified atom stereocenters. The number of aromatic amines is 1. The first-order chi connectivity index (χ1) is 9.70. The van der Waals surface area contributed by atoms with Crippen molar-refractivity contribution >= 4 is 11.5 Å². The van der Waals surface area contributed by atoms with E-state index < -0.39 is 11.3 Å². The third kappa shape index (κ3) is 3.29. The highest BCUT2D eigenvalue weighted by Gasteiger charge is 2.29. The summed E-state index contributed by atoms with van der Waals surface area (Å²) in [7, 11) is 3.51. The zero-order chi connectivity index (χ0) is 15.8. The lowest BCUT2D eigenvalue weighted by Crippen LogP contribution is -2.32. The zero-order valence-electron chi connectivity index (χ0n) is 13.1. The summed E-state index contributed by atoms with van der Waals surface area (Å²) in [6, 6.07) is 0. The van der Waals surface area contributed by atoms with E-state index in [1.807, 2.05) is 16.8 Å². The van der Waals surface area contributed by atoms with E-state index in [4.69, 9.17) is 0 Å². The van der Waals surface area contributed by atoms with E-state index in [1.165, 1.54) is 4.57 Å². The van der Waals surface area contributed by atoms with Crippen LogP contribution in [0.25, 0.3) is 0 Å². The van der Waals surface area contributed by atoms with Crippen molar-refractivity contribution in [3.63, 3.8) is 0 Å². The number of rotatable bonds is 5. The number of nitrogens with one attached hydrogen (secondary N) is 1. The Labute approximate surface area is 123 Å². The van der Waals surface area contributed by atoms with Crippen LogP contribution in [-0.2, 0) is 7.05 Å². The molecule has 1 aliphatic heterocycles. The van der Waals surface area contributed by atoms with Crippen LogP contribution in [-0.4, -0.2) is 40.5 Å². The molecular weight excluding hydrogens is 272 g/mol. The average Bonchev–Trinajstić information content (AvgIpc) is 2.68.